The summed E-state index contributed by atoms with van der Waals surface area (Å²) in [6, 6.07) is 112. The maximum atomic E-state index is 6.17. The van der Waals surface area contributed by atoms with Crippen molar-refractivity contribution < 1.29 is 4.74 Å². The third-order valence-electron chi connectivity index (χ3n) is 23.0. The highest BCUT2D eigenvalue weighted by Crippen LogP contribution is 2.65. The van der Waals surface area contributed by atoms with Gasteiger partial charge in [0.1, 0.15) is 5.75 Å². The van der Waals surface area contributed by atoms with Gasteiger partial charge in [-0.3, -0.25) is 0 Å². The summed E-state index contributed by atoms with van der Waals surface area (Å²) in [7, 11) is 0.955. The predicted molar refractivity (Wildman–Crippen MR) is 705 cm³/mol. The molecule has 0 aliphatic carbocycles. The molecule has 24 aromatic rings. The van der Waals surface area contributed by atoms with E-state index in [0.29, 0.717) is 0 Å². The summed E-state index contributed by atoms with van der Waals surface area (Å²) < 4.78 is 45.4. The predicted octanol–water partition coefficient (Wildman–Crippen LogP) is 53.2. The van der Waals surface area contributed by atoms with Gasteiger partial charge in [0.2, 0.25) is 23.5 Å². The molecule has 18 aromatic carbocycles. The molecule has 0 amide bonds. The molecule has 4 atom stereocenters. The number of fused-ring (bicyclic) bond motifs is 18. The Labute approximate surface area is 1030 Å². The van der Waals surface area contributed by atoms with Crippen LogP contribution in [-0.4, -0.2) is 7.11 Å². The van der Waals surface area contributed by atoms with Gasteiger partial charge in [0.15, 0.2) is 62.3 Å². The second kappa shape index (κ2) is 46.5. The maximum absolute atomic E-state index is 6.17. The Balaban J connectivity index is 0.000000108. The van der Waals surface area contributed by atoms with Crippen LogP contribution in [0.1, 0.15) is 0 Å². The van der Waals surface area contributed by atoms with Crippen molar-refractivity contribution in [1.82, 2.24) is 0 Å². The molecule has 0 saturated carbocycles. The lowest BCUT2D eigenvalue weighted by Crippen LogP contribution is -1.81. The SMILES string of the molecule is Brc1ccc(-[s+]2c3c(Br)c(Br)c(Br)c(Br)c3c3c(Br)c(Br)c(Br)c(Br)c32)cc1.Brc1ccc(-[s+]2c3ccccc3c3cc(Br)ccc32)cc1.Brc1ccc(-[s+]2c3ccccc3c3cccc(Br)c32)cc1.COc1ccc(-[s+]2c3ccccc3c3cc(Br)ccc32)cc1.Clc1ccc(-[s+]2c3c(Br)c(Br)c(Br)c(Br)c3c3c(Br)c(Br)c(Br)c(Br)c32)cc1.Clc1ccc(-[s+]2c3ccccc3c3cc(Br)ccc32)cc1. The van der Waals surface area contributed by atoms with Gasteiger partial charge in [-0.1, -0.05) is 173 Å². The lowest BCUT2D eigenvalue weighted by molar-refractivity contribution is 0.415. The number of ether oxygens (including phenoxy) is 1. The summed E-state index contributed by atoms with van der Waals surface area (Å²) in [6.07, 6.45) is 0. The monoisotopic (exact) mass is 3460 g/mol. The minimum Gasteiger partial charge on any atom is -0.497 e. The van der Waals surface area contributed by atoms with Gasteiger partial charge in [-0.2, -0.15) is 0 Å². The van der Waals surface area contributed by atoms with Crippen LogP contribution in [0.15, 0.2) is 418 Å². The molecule has 0 fully saturated rings. The van der Waals surface area contributed by atoms with Crippen LogP contribution < -0.4 is 4.74 Å². The summed E-state index contributed by atoms with van der Waals surface area (Å²) in [5.41, 5.74) is 0. The van der Waals surface area contributed by atoms with Crippen LogP contribution in [0.25, 0.3) is 150 Å². The van der Waals surface area contributed by atoms with Crippen molar-refractivity contribution in [2.24, 2.45) is 0 Å². The zero-order valence-corrected chi connectivity index (χ0v) is 114. The minimum absolute atomic E-state index is 0.00123. The van der Waals surface area contributed by atoms with Crippen molar-refractivity contribution in [2.45, 2.75) is 0 Å². The molecule has 1 nitrogen and oxygen atoms in total. The largest absolute Gasteiger partial charge is 0.497 e. The highest BCUT2D eigenvalue weighted by molar-refractivity contribution is 9.17. The number of methoxy groups -OCH3 is 1. The summed E-state index contributed by atoms with van der Waals surface area (Å²) in [4.78, 5) is 7.80. The first-order valence-electron chi connectivity index (χ1n) is 41.7. The van der Waals surface area contributed by atoms with Gasteiger partial charge in [0, 0.05) is 209 Å². The average Bonchev–Trinajstić information content (AvgIpc) is 1.55. The second-order valence-electron chi connectivity index (χ2n) is 31.1. The van der Waals surface area contributed by atoms with E-state index >= 15 is 0 Å². The van der Waals surface area contributed by atoms with Crippen LogP contribution in [0.2, 0.25) is 10.0 Å². The zero-order valence-electron chi connectivity index (χ0n) is 71.3. The first kappa shape index (κ1) is 108. The number of halogens is 25. The van der Waals surface area contributed by atoms with E-state index in [4.69, 9.17) is 27.9 Å². The van der Waals surface area contributed by atoms with Gasteiger partial charge in [-0.25, -0.2) is 0 Å². The van der Waals surface area contributed by atoms with Crippen LogP contribution >= 0.6 is 452 Å². The van der Waals surface area contributed by atoms with E-state index in [1.807, 2.05) is 36.4 Å². The first-order chi connectivity index (χ1) is 67.8. The van der Waals surface area contributed by atoms with Crippen LogP contribution in [0, 0.1) is 0 Å². The molecule has 4 unspecified atom stereocenters. The van der Waals surface area contributed by atoms with Gasteiger partial charge in [-0.15, -0.1) is 0 Å². The molecule has 0 aliphatic heterocycles. The number of rotatable bonds is 7. The van der Waals surface area contributed by atoms with Crippen molar-refractivity contribution in [1.29, 1.82) is 0 Å². The molecule has 32 heteroatoms. The van der Waals surface area contributed by atoms with Gasteiger partial charge < -0.3 is 4.74 Å². The van der Waals surface area contributed by atoms with E-state index in [1.54, 1.807) is 7.11 Å². The quantitative estimate of drug-likeness (QED) is 0.0878. The van der Waals surface area contributed by atoms with Crippen LogP contribution in [0.4, 0.5) is 0 Å². The third kappa shape index (κ3) is 21.2. The van der Waals surface area contributed by atoms with E-state index in [1.165, 1.54) is 144 Å². The van der Waals surface area contributed by atoms with Gasteiger partial charge in [0.05, 0.1) is 68.9 Å². The molecular weight excluding hydrogens is 3430 g/mol. The highest BCUT2D eigenvalue weighted by Gasteiger charge is 2.39. The van der Waals surface area contributed by atoms with Crippen LogP contribution in [0.3, 0.4) is 0 Å². The van der Waals surface area contributed by atoms with Gasteiger partial charge in [0.25, 0.3) is 0 Å². The Kier molecular flexibility index (Phi) is 35.7. The van der Waals surface area contributed by atoms with Crippen molar-refractivity contribution in [2.75, 3.05) is 7.11 Å². The number of benzene rings is 18. The van der Waals surface area contributed by atoms with E-state index < -0.39 is 0 Å². The summed E-state index contributed by atoms with van der Waals surface area (Å²) in [5, 5.41) is 16.9. The Morgan fingerprint density at radius 2 is 0.397 bits per heavy atom. The second-order valence-corrected chi connectivity index (χ2v) is 62.7. The molecule has 0 saturated heterocycles. The Bertz CT molecular complexity index is 8610. The van der Waals surface area contributed by atoms with Crippen LogP contribution in [-0.2, 0) is 0 Å². The molecule has 0 radical (unpaired) electrons. The lowest BCUT2D eigenvalue weighted by Gasteiger charge is -2.05. The van der Waals surface area contributed by atoms with E-state index in [9.17, 15) is 0 Å². The fourth-order valence-corrected chi connectivity index (χ4v) is 46.5. The van der Waals surface area contributed by atoms with Crippen molar-refractivity contribution in [3.05, 3.63) is 428 Å². The molecule has 702 valence electrons. The standard InChI is InChI=1S/C19H14BrOS.C18H4Br9S.C18H4Br8ClS.2C18H11Br2S.C18H11BrClS/c1-21-14-7-9-15(10-8-14)22-18-5-3-2-4-16(18)17-12-13(20)6-11-19(17)22;19-5-1-3-6(4-2-5)28-17-7(9(20)11(22)13(24)15(17)26)8-10(21)12(23)14(25)16(27)18(8)28;19-9-7-8-10(20)12(22)14(24)16(26)18(8)28(6-3-1-5(27)2-4-6)17(7)15(25)13(23)11(9)21;19-12-8-10-13(11-9-12)21-17-7-2-1-4-14(17)15-5-3-6-16(20)18(15)21;19-12-5-8-14(9-6-12)21-17-4-2-1-3-15(17)16-11-13(20)7-10-18(16)21;19-12-5-10-18-16(11-12)15-3-1-2-4-17(15)21(18)14-8-6-13(20)7-9-14/h2-12H,1H3;2*1-4H;3*1-11H/q6*+1. The average molecular weight is 3480 g/mol. The number of hydrogen-bond acceptors (Lipinski definition) is 1. The van der Waals surface area contributed by atoms with Crippen molar-refractivity contribution in [3.63, 3.8) is 0 Å². The summed E-state index contributed by atoms with van der Waals surface area (Å²) in [5.74, 6) is 0.899. The van der Waals surface area contributed by atoms with Crippen molar-refractivity contribution in [3.8, 4) is 35.1 Å². The molecule has 6 heterocycles. The zero-order chi connectivity index (χ0) is 99.3. The normalized spacial score (nSPS) is 12.0. The van der Waals surface area contributed by atoms with Crippen molar-refractivity contribution >= 4 is 573 Å². The fourth-order valence-electron chi connectivity index (χ4n) is 16.9. The van der Waals surface area contributed by atoms with E-state index in [2.05, 4.69) is 645 Å². The molecule has 0 N–H and O–H groups in total. The van der Waals surface area contributed by atoms with Gasteiger partial charge in [-0.05, 0) is 501 Å². The summed E-state index contributed by atoms with van der Waals surface area (Å²) in [6.45, 7) is 0. The van der Waals surface area contributed by atoms with E-state index in [0.717, 1.165) is 125 Å². The Hall–Kier alpha value is -1.30. The molecule has 141 heavy (non-hydrogen) atoms. The van der Waals surface area contributed by atoms with Gasteiger partial charge >= 0.3 is 0 Å². The molecule has 0 spiro atoms. The summed E-state index contributed by atoms with van der Waals surface area (Å²) >= 11 is 97.9. The maximum Gasteiger partial charge on any atom is 0.204 e. The van der Waals surface area contributed by atoms with Crippen LogP contribution in [0.5, 0.6) is 5.75 Å². The number of thiophene rings is 6. The smallest absolute Gasteiger partial charge is 0.204 e. The third-order valence-corrected chi connectivity index (χ3v) is 61.8. The highest BCUT2D eigenvalue weighted by atomic mass is 79.9. The molecule has 0 bridgehead atoms. The molecular formula is C109H55Br23Cl2OS6+6. The molecule has 24 rings (SSSR count). The Morgan fingerprint density at radius 1 is 0.177 bits per heavy atom. The lowest BCUT2D eigenvalue weighted by atomic mass is 10.1. The minimum atomic E-state index is -0.344. The fraction of sp³-hybridized carbons (Fsp3) is 0.00917. The molecule has 0 aliphatic rings. The number of hydrogen-bond donors (Lipinski definition) is 0. The molecule has 6 aromatic heterocycles. The first-order valence-corrected chi connectivity index (χ1v) is 68.1. The topological polar surface area (TPSA) is 9.23 Å². The van der Waals surface area contributed by atoms with E-state index in [-0.39, 0.29) is 62.8 Å². The Morgan fingerprint density at radius 3 is 0.688 bits per heavy atom.